The maximum Gasteiger partial charge on any atom is 0.291 e. The normalized spacial score (nSPS) is 18.5. The minimum Gasteiger partial charge on any atom is -0.643 e. The summed E-state index contributed by atoms with van der Waals surface area (Å²) in [6.07, 6.45) is 9.42. The Bertz CT molecular complexity index is 1010. The fourth-order valence-corrected chi connectivity index (χ4v) is 3.27. The minimum atomic E-state index is -1.10. The van der Waals surface area contributed by atoms with E-state index in [2.05, 4.69) is 35.9 Å². The van der Waals surface area contributed by atoms with Gasteiger partial charge in [-0.15, -0.1) is 6.08 Å². The number of aromatic amines is 2. The number of hydrogen-bond acceptors (Lipinski definition) is 8. The molecular formula is C21H24CuN7O6-3. The van der Waals surface area contributed by atoms with Crippen LogP contribution < -0.4 is 0 Å². The van der Waals surface area contributed by atoms with Gasteiger partial charge in [-0.1, -0.05) is 18.2 Å². The average molecular weight is 534 g/mol. The Balaban J connectivity index is 0.00000432. The third kappa shape index (κ3) is 7.77. The predicted octanol–water partition coefficient (Wildman–Crippen LogP) is 0.870. The Hall–Kier alpha value is -3.48. The van der Waals surface area contributed by atoms with Gasteiger partial charge in [-0.2, -0.15) is 0 Å². The van der Waals surface area contributed by atoms with Crippen molar-refractivity contribution in [1.82, 2.24) is 19.9 Å². The van der Waals surface area contributed by atoms with E-state index in [1.54, 1.807) is 6.08 Å². The van der Waals surface area contributed by atoms with Crippen LogP contribution in [-0.2, 0) is 58.6 Å². The van der Waals surface area contributed by atoms with E-state index in [1.165, 1.54) is 45.3 Å². The van der Waals surface area contributed by atoms with Crippen molar-refractivity contribution in [3.8, 4) is 0 Å². The fourth-order valence-electron chi connectivity index (χ4n) is 3.27. The van der Waals surface area contributed by atoms with Crippen LogP contribution in [0.2, 0.25) is 0 Å². The van der Waals surface area contributed by atoms with E-state index in [-0.39, 0.29) is 36.3 Å². The maximum atomic E-state index is 12.8. The van der Waals surface area contributed by atoms with Gasteiger partial charge in [0.25, 0.3) is 11.9 Å². The van der Waals surface area contributed by atoms with Crippen LogP contribution in [0.4, 0.5) is 0 Å². The smallest absolute Gasteiger partial charge is 0.291 e. The molecule has 2 N–H and O–H groups in total. The molecule has 0 bridgehead atoms. The molecule has 0 spiro atoms. The number of aromatic nitrogens is 4. The van der Waals surface area contributed by atoms with Gasteiger partial charge in [-0.3, -0.25) is 9.59 Å². The average Bonchev–Trinajstić information content (AvgIpc) is 3.56. The van der Waals surface area contributed by atoms with Crippen molar-refractivity contribution >= 4 is 23.8 Å². The topological polar surface area (TPSA) is 186 Å². The Kier molecular flexibility index (Phi) is 10.6. The monoisotopic (exact) mass is 533 g/mol. The van der Waals surface area contributed by atoms with Crippen molar-refractivity contribution in [1.29, 1.82) is 0 Å². The molecule has 3 rings (SSSR count). The molecule has 0 aliphatic carbocycles. The summed E-state index contributed by atoms with van der Waals surface area (Å²) < 4.78 is 9.49. The molecule has 2 aromatic rings. The number of methoxy groups -OCH3 is 2. The van der Waals surface area contributed by atoms with Gasteiger partial charge in [0, 0.05) is 52.7 Å². The van der Waals surface area contributed by atoms with Gasteiger partial charge in [0.15, 0.2) is 0 Å². The number of nitrogens with zero attached hydrogens (tertiary/aromatic N) is 5. The Morgan fingerprint density at radius 1 is 0.971 bits per heavy atom. The number of amides is 2. The number of carbonyl (C=O) groups is 4. The number of rotatable bonds is 10. The SMILES string of the molecule is COC(=O)C(Cc1cnc[nH]1)[N-]C(=O)C1C=CCC(C(=O)[N-]C(Cc2cnc[nH]2)C(=O)OC)[N-]1.[Cu]. The second-order valence-electron chi connectivity index (χ2n) is 7.35. The van der Waals surface area contributed by atoms with Crippen LogP contribution in [0.5, 0.6) is 0 Å². The molecule has 193 valence electrons. The van der Waals surface area contributed by atoms with Crippen molar-refractivity contribution in [3.63, 3.8) is 0 Å². The summed E-state index contributed by atoms with van der Waals surface area (Å²) in [4.78, 5) is 63.1. The molecule has 1 radical (unpaired) electrons. The van der Waals surface area contributed by atoms with Crippen LogP contribution in [-0.4, -0.2) is 82.1 Å². The molecule has 14 heteroatoms. The predicted molar refractivity (Wildman–Crippen MR) is 118 cm³/mol. The summed E-state index contributed by atoms with van der Waals surface area (Å²) in [5.74, 6) is -2.74. The first-order valence-electron chi connectivity index (χ1n) is 10.4. The third-order valence-corrected chi connectivity index (χ3v) is 5.01. The fraction of sp³-hybridized carbons (Fsp3) is 0.429. The van der Waals surface area contributed by atoms with Gasteiger partial charge in [-0.25, -0.2) is 9.97 Å². The Morgan fingerprint density at radius 3 is 1.94 bits per heavy atom. The number of hydrogen-bond donors (Lipinski definition) is 2. The molecule has 2 amide bonds. The third-order valence-electron chi connectivity index (χ3n) is 5.01. The quantitative estimate of drug-likeness (QED) is 0.255. The van der Waals surface area contributed by atoms with Crippen LogP contribution >= 0.6 is 0 Å². The van der Waals surface area contributed by atoms with E-state index >= 15 is 0 Å². The summed E-state index contributed by atoms with van der Waals surface area (Å²) in [7, 11) is 2.40. The molecule has 1 aliphatic rings. The van der Waals surface area contributed by atoms with Gasteiger partial charge >= 0.3 is 0 Å². The molecule has 1 aliphatic heterocycles. The largest absolute Gasteiger partial charge is 0.643 e. The summed E-state index contributed by atoms with van der Waals surface area (Å²) in [6, 6.07) is -4.24. The standard InChI is InChI=1S/C21H26N7O6.Cu/c1-33-20(31)16(6-12-8-22-10-24-12)27-18(29)14-4-3-5-15(26-14)19(30)28-17(21(32)34-2)7-13-9-23-11-25-13;/h3-4,8-11,14-17H,5-7H2,1-2H3,(H4,22,23,24,25,27,28,29,30);/q-1;/p-2. The second kappa shape index (κ2) is 13.4. The molecule has 3 heterocycles. The van der Waals surface area contributed by atoms with Gasteiger partial charge < -0.3 is 45.0 Å². The summed E-state index contributed by atoms with van der Waals surface area (Å²) in [6.45, 7) is 0. The van der Waals surface area contributed by atoms with Crippen LogP contribution in [0, 0.1) is 0 Å². The minimum absolute atomic E-state index is 0. The number of ether oxygens (including phenoxy) is 2. The van der Waals surface area contributed by atoms with Gasteiger partial charge in [0.2, 0.25) is 0 Å². The first-order chi connectivity index (χ1) is 16.4. The van der Waals surface area contributed by atoms with Crippen molar-refractivity contribution < 1.29 is 45.7 Å². The summed E-state index contributed by atoms with van der Waals surface area (Å²) in [5.41, 5.74) is 1.20. The summed E-state index contributed by atoms with van der Waals surface area (Å²) >= 11 is 0. The molecular weight excluding hydrogens is 510 g/mol. The summed E-state index contributed by atoms with van der Waals surface area (Å²) in [5, 5.41) is 12.2. The van der Waals surface area contributed by atoms with E-state index < -0.39 is 47.9 Å². The Labute approximate surface area is 211 Å². The van der Waals surface area contributed by atoms with E-state index in [0.717, 1.165) is 0 Å². The van der Waals surface area contributed by atoms with Crippen molar-refractivity contribution in [2.75, 3.05) is 14.2 Å². The van der Waals surface area contributed by atoms with Crippen LogP contribution in [0.15, 0.2) is 37.2 Å². The number of nitrogens with one attached hydrogen (secondary N) is 2. The molecule has 4 atom stereocenters. The van der Waals surface area contributed by atoms with E-state index in [9.17, 15) is 19.2 Å². The van der Waals surface area contributed by atoms with Crippen LogP contribution in [0.25, 0.3) is 16.0 Å². The molecule has 0 fully saturated rings. The Morgan fingerprint density at radius 2 is 1.49 bits per heavy atom. The van der Waals surface area contributed by atoms with Gasteiger partial charge in [0.1, 0.15) is 0 Å². The van der Waals surface area contributed by atoms with Crippen molar-refractivity contribution in [2.24, 2.45) is 0 Å². The molecule has 0 saturated heterocycles. The zero-order valence-electron chi connectivity index (χ0n) is 18.9. The number of carbonyl (C=O) groups excluding carboxylic acids is 4. The number of H-pyrrole nitrogens is 2. The van der Waals surface area contributed by atoms with Gasteiger partial charge in [0.05, 0.1) is 26.9 Å². The van der Waals surface area contributed by atoms with Crippen molar-refractivity contribution in [2.45, 2.75) is 43.4 Å². The van der Waals surface area contributed by atoms with E-state index in [4.69, 9.17) is 9.47 Å². The first-order valence-corrected chi connectivity index (χ1v) is 10.4. The molecule has 0 aromatic carbocycles. The molecule has 35 heavy (non-hydrogen) atoms. The second-order valence-corrected chi connectivity index (χ2v) is 7.35. The molecule has 2 aromatic heterocycles. The zero-order valence-corrected chi connectivity index (χ0v) is 19.8. The number of imidazole rings is 2. The van der Waals surface area contributed by atoms with Gasteiger partial charge in [-0.05, 0) is 31.3 Å². The van der Waals surface area contributed by atoms with Crippen LogP contribution in [0.3, 0.4) is 0 Å². The van der Waals surface area contributed by atoms with Crippen LogP contribution in [0.1, 0.15) is 17.8 Å². The van der Waals surface area contributed by atoms with E-state index in [0.29, 0.717) is 11.4 Å². The van der Waals surface area contributed by atoms with E-state index in [1.807, 2.05) is 0 Å². The molecule has 4 unspecified atom stereocenters. The molecule has 0 saturated carbocycles. The molecule has 13 nitrogen and oxygen atoms in total. The first kappa shape index (κ1) is 27.8. The van der Waals surface area contributed by atoms with Crippen molar-refractivity contribution in [3.05, 3.63) is 64.5 Å². The number of esters is 2. The maximum absolute atomic E-state index is 12.8. The zero-order chi connectivity index (χ0) is 24.5.